The van der Waals surface area contributed by atoms with Crippen molar-refractivity contribution in [2.45, 2.75) is 19.6 Å². The summed E-state index contributed by atoms with van der Waals surface area (Å²) < 4.78 is 6.52. The van der Waals surface area contributed by atoms with E-state index in [2.05, 4.69) is 15.9 Å². The Hall–Kier alpha value is -1.06. The van der Waals surface area contributed by atoms with Crippen LogP contribution in [0.1, 0.15) is 13.8 Å². The molecule has 0 atom stereocenters. The zero-order valence-electron chi connectivity index (χ0n) is 9.20. The highest BCUT2D eigenvalue weighted by Crippen LogP contribution is 2.29. The van der Waals surface area contributed by atoms with Gasteiger partial charge in [-0.15, -0.1) is 0 Å². The molecule has 0 fully saturated rings. The molecule has 2 nitrogen and oxygen atoms in total. The van der Waals surface area contributed by atoms with Gasteiger partial charge in [-0.2, -0.15) is 0 Å². The number of hydrogen-bond acceptors (Lipinski definition) is 2. The van der Waals surface area contributed by atoms with Crippen molar-refractivity contribution in [2.24, 2.45) is 0 Å². The van der Waals surface area contributed by atoms with Crippen LogP contribution in [-0.4, -0.2) is 10.9 Å². The van der Waals surface area contributed by atoms with E-state index in [0.717, 1.165) is 15.2 Å². The second-order valence-corrected chi connectivity index (χ2v) is 5.09. The maximum absolute atomic E-state index is 9.65. The number of aliphatic hydroxyl groups is 1. The highest BCUT2D eigenvalue weighted by Gasteiger charge is 2.15. The van der Waals surface area contributed by atoms with Crippen molar-refractivity contribution >= 4 is 26.7 Å². The van der Waals surface area contributed by atoms with Crippen LogP contribution in [0.15, 0.2) is 40.9 Å². The molecule has 0 spiro atoms. The molecule has 84 valence electrons. The Morgan fingerprint density at radius 2 is 1.94 bits per heavy atom. The Balaban J connectivity index is 2.54. The van der Waals surface area contributed by atoms with Gasteiger partial charge in [0.05, 0.1) is 0 Å². The van der Waals surface area contributed by atoms with Crippen LogP contribution < -0.4 is 4.74 Å². The summed E-state index contributed by atoms with van der Waals surface area (Å²) in [6, 6.07) is 11.7. The molecule has 3 heteroatoms. The van der Waals surface area contributed by atoms with Gasteiger partial charge in [-0.1, -0.05) is 28.1 Å². The number of benzene rings is 2. The van der Waals surface area contributed by atoms with E-state index in [4.69, 9.17) is 4.74 Å². The smallest absolute Gasteiger partial charge is 0.202 e. The Bertz CT molecular complexity index is 515. The molecule has 0 amide bonds. The average molecular weight is 281 g/mol. The summed E-state index contributed by atoms with van der Waals surface area (Å²) in [5.41, 5.74) is 0. The molecule has 1 N–H and O–H groups in total. The number of fused-ring (bicyclic) bond motifs is 1. The molecule has 2 aromatic rings. The standard InChI is InChI=1S/C13H13BrO2/c1-13(2,15)16-12-5-3-4-9-8-10(14)6-7-11(9)12/h3-8,15H,1-2H3. The van der Waals surface area contributed by atoms with Gasteiger partial charge in [0.2, 0.25) is 5.79 Å². The Kier molecular flexibility index (Phi) is 2.91. The van der Waals surface area contributed by atoms with Crippen LogP contribution in [0.3, 0.4) is 0 Å². The van der Waals surface area contributed by atoms with Crippen LogP contribution in [0.5, 0.6) is 5.75 Å². The van der Waals surface area contributed by atoms with E-state index in [0.29, 0.717) is 5.75 Å². The van der Waals surface area contributed by atoms with Gasteiger partial charge < -0.3 is 9.84 Å². The molecule has 0 aliphatic carbocycles. The summed E-state index contributed by atoms with van der Waals surface area (Å²) in [5, 5.41) is 11.7. The summed E-state index contributed by atoms with van der Waals surface area (Å²) >= 11 is 3.43. The molecule has 0 saturated heterocycles. The summed E-state index contributed by atoms with van der Waals surface area (Å²) in [7, 11) is 0. The van der Waals surface area contributed by atoms with Gasteiger partial charge in [0.25, 0.3) is 0 Å². The minimum Gasteiger partial charge on any atom is -0.463 e. The van der Waals surface area contributed by atoms with Crippen LogP contribution in [0.2, 0.25) is 0 Å². The van der Waals surface area contributed by atoms with Crippen LogP contribution >= 0.6 is 15.9 Å². The molecule has 0 aromatic heterocycles. The molecular formula is C13H13BrO2. The fourth-order valence-corrected chi connectivity index (χ4v) is 1.96. The first-order valence-corrected chi connectivity index (χ1v) is 5.85. The van der Waals surface area contributed by atoms with Gasteiger partial charge in [0, 0.05) is 23.7 Å². The zero-order valence-corrected chi connectivity index (χ0v) is 10.8. The monoisotopic (exact) mass is 280 g/mol. The number of halogens is 1. The average Bonchev–Trinajstić information content (AvgIpc) is 2.15. The van der Waals surface area contributed by atoms with E-state index < -0.39 is 5.79 Å². The summed E-state index contributed by atoms with van der Waals surface area (Å²) in [4.78, 5) is 0. The van der Waals surface area contributed by atoms with E-state index in [9.17, 15) is 5.11 Å². The van der Waals surface area contributed by atoms with Crippen LogP contribution in [0, 0.1) is 0 Å². The van der Waals surface area contributed by atoms with Gasteiger partial charge in [-0.25, -0.2) is 0 Å². The number of rotatable bonds is 2. The molecule has 0 radical (unpaired) electrons. The Morgan fingerprint density at radius 1 is 1.19 bits per heavy atom. The van der Waals surface area contributed by atoms with Crippen molar-refractivity contribution in [3.05, 3.63) is 40.9 Å². The van der Waals surface area contributed by atoms with Crippen LogP contribution in [0.25, 0.3) is 10.8 Å². The lowest BCUT2D eigenvalue weighted by atomic mass is 10.1. The van der Waals surface area contributed by atoms with Crippen LogP contribution in [-0.2, 0) is 0 Å². The molecule has 2 rings (SSSR count). The molecule has 0 bridgehead atoms. The molecule has 0 aliphatic rings. The first-order chi connectivity index (χ1) is 7.46. The third-order valence-electron chi connectivity index (χ3n) is 2.16. The predicted molar refractivity (Wildman–Crippen MR) is 68.6 cm³/mol. The minimum absolute atomic E-state index is 0.692. The lowest BCUT2D eigenvalue weighted by molar-refractivity contribution is -0.103. The van der Waals surface area contributed by atoms with E-state index in [-0.39, 0.29) is 0 Å². The highest BCUT2D eigenvalue weighted by atomic mass is 79.9. The molecular weight excluding hydrogens is 268 g/mol. The van der Waals surface area contributed by atoms with Gasteiger partial charge in [-0.05, 0) is 29.7 Å². The molecule has 0 heterocycles. The predicted octanol–water partition coefficient (Wildman–Crippen LogP) is 3.71. The van der Waals surface area contributed by atoms with E-state index in [1.165, 1.54) is 0 Å². The van der Waals surface area contributed by atoms with E-state index in [1.807, 2.05) is 36.4 Å². The Morgan fingerprint density at radius 3 is 2.62 bits per heavy atom. The zero-order chi connectivity index (χ0) is 11.8. The highest BCUT2D eigenvalue weighted by molar-refractivity contribution is 9.10. The van der Waals surface area contributed by atoms with Crippen molar-refractivity contribution in [3.8, 4) is 5.75 Å². The van der Waals surface area contributed by atoms with Gasteiger partial charge in [0.15, 0.2) is 0 Å². The summed E-state index contributed by atoms with van der Waals surface area (Å²) in [6.07, 6.45) is 0. The first-order valence-electron chi connectivity index (χ1n) is 5.05. The minimum atomic E-state index is -1.17. The van der Waals surface area contributed by atoms with Gasteiger partial charge >= 0.3 is 0 Å². The lowest BCUT2D eigenvalue weighted by Crippen LogP contribution is -2.27. The SMILES string of the molecule is CC(C)(O)Oc1cccc2cc(Br)ccc12. The molecule has 2 aromatic carbocycles. The fraction of sp³-hybridized carbons (Fsp3) is 0.231. The maximum Gasteiger partial charge on any atom is 0.202 e. The second-order valence-electron chi connectivity index (χ2n) is 4.17. The summed E-state index contributed by atoms with van der Waals surface area (Å²) in [6.45, 7) is 3.23. The number of hydrogen-bond donors (Lipinski definition) is 1. The van der Waals surface area contributed by atoms with Crippen molar-refractivity contribution in [1.82, 2.24) is 0 Å². The van der Waals surface area contributed by atoms with E-state index >= 15 is 0 Å². The molecule has 0 unspecified atom stereocenters. The maximum atomic E-state index is 9.65. The van der Waals surface area contributed by atoms with Gasteiger partial charge in [0.1, 0.15) is 5.75 Å². The van der Waals surface area contributed by atoms with Crippen molar-refractivity contribution in [1.29, 1.82) is 0 Å². The topological polar surface area (TPSA) is 29.5 Å². The molecule has 0 aliphatic heterocycles. The van der Waals surface area contributed by atoms with Crippen LogP contribution in [0.4, 0.5) is 0 Å². The normalized spacial score (nSPS) is 11.8. The summed E-state index contributed by atoms with van der Waals surface area (Å²) in [5.74, 6) is -0.473. The van der Waals surface area contributed by atoms with Crippen molar-refractivity contribution in [3.63, 3.8) is 0 Å². The van der Waals surface area contributed by atoms with Gasteiger partial charge in [-0.3, -0.25) is 0 Å². The quantitative estimate of drug-likeness (QED) is 0.850. The second kappa shape index (κ2) is 4.07. The third-order valence-corrected chi connectivity index (χ3v) is 2.66. The number of ether oxygens (including phenoxy) is 1. The van der Waals surface area contributed by atoms with E-state index in [1.54, 1.807) is 13.8 Å². The molecule has 16 heavy (non-hydrogen) atoms. The lowest BCUT2D eigenvalue weighted by Gasteiger charge is -2.20. The first kappa shape index (κ1) is 11.4. The fourth-order valence-electron chi connectivity index (χ4n) is 1.58. The largest absolute Gasteiger partial charge is 0.463 e. The van der Waals surface area contributed by atoms with Crippen molar-refractivity contribution < 1.29 is 9.84 Å². The third kappa shape index (κ3) is 2.54. The molecule has 0 saturated carbocycles. The van der Waals surface area contributed by atoms with Crippen molar-refractivity contribution in [2.75, 3.05) is 0 Å². The Labute approximate surface area is 103 Å².